The Morgan fingerprint density at radius 3 is 2.33 bits per heavy atom. The maximum Gasteiger partial charge on any atom is 0.287 e. The third kappa shape index (κ3) is 6.73. The van der Waals surface area contributed by atoms with Crippen LogP contribution >= 0.6 is 31.9 Å². The quantitative estimate of drug-likeness (QED) is 0.190. The largest absolute Gasteiger partial charge is 0.504 e. The van der Waals surface area contributed by atoms with Gasteiger partial charge in [0.1, 0.15) is 5.70 Å². The molecule has 0 heterocycles. The number of anilines is 1. The molecule has 0 saturated heterocycles. The Morgan fingerprint density at radius 2 is 1.72 bits per heavy atom. The summed E-state index contributed by atoms with van der Waals surface area (Å²) in [6, 6.07) is 17.6. The number of phenolic OH excluding ortho intramolecular Hbond substituents is 1. The Kier molecular flexibility index (Phi) is 9.26. The second-order valence-corrected chi connectivity index (χ2v) is 9.35. The lowest BCUT2D eigenvalue weighted by Gasteiger charge is -2.13. The van der Waals surface area contributed by atoms with Crippen molar-refractivity contribution in [3.8, 4) is 11.5 Å². The Labute approximate surface area is 225 Å². The van der Waals surface area contributed by atoms with Crippen LogP contribution in [0.1, 0.15) is 21.5 Å². The fourth-order valence-electron chi connectivity index (χ4n) is 3.08. The number of methoxy groups -OCH3 is 1. The van der Waals surface area contributed by atoms with Gasteiger partial charge < -0.3 is 20.1 Å². The summed E-state index contributed by atoms with van der Waals surface area (Å²) in [5.74, 6) is -1.01. The first-order valence-corrected chi connectivity index (χ1v) is 12.2. The number of nitrogens with one attached hydrogen (secondary N) is 2. The molecule has 186 valence electrons. The summed E-state index contributed by atoms with van der Waals surface area (Å²) in [6.45, 7) is 0. The van der Waals surface area contributed by atoms with Gasteiger partial charge in [0.25, 0.3) is 11.8 Å². The third-order valence-corrected chi connectivity index (χ3v) is 7.03. The molecule has 10 heteroatoms. The van der Waals surface area contributed by atoms with E-state index in [4.69, 9.17) is 4.74 Å². The van der Waals surface area contributed by atoms with Gasteiger partial charge in [0.05, 0.1) is 18.9 Å². The summed E-state index contributed by atoms with van der Waals surface area (Å²) >= 11 is 6.74. The molecule has 0 bridgehead atoms. The summed E-state index contributed by atoms with van der Waals surface area (Å²) < 4.78 is 6.30. The normalized spacial score (nSPS) is 11.3. The molecule has 0 radical (unpaired) electrons. The predicted octanol–water partition coefficient (Wildman–Crippen LogP) is 4.91. The number of carbonyl (C=O) groups excluding carboxylic acids is 2. The van der Waals surface area contributed by atoms with Crippen LogP contribution in [-0.4, -0.2) is 44.3 Å². The number of hydrazone groups is 1. The van der Waals surface area contributed by atoms with Gasteiger partial charge in [-0.3, -0.25) is 9.59 Å². The predicted molar refractivity (Wildman–Crippen MR) is 148 cm³/mol. The van der Waals surface area contributed by atoms with E-state index >= 15 is 0 Å². The Balaban J connectivity index is 1.88. The molecule has 3 aromatic rings. The molecule has 3 N–H and O–H groups in total. The molecular weight excluding hydrogens is 592 g/mol. The van der Waals surface area contributed by atoms with E-state index in [0.29, 0.717) is 25.6 Å². The second kappa shape index (κ2) is 12.4. The van der Waals surface area contributed by atoms with Crippen LogP contribution in [0.5, 0.6) is 11.5 Å². The van der Waals surface area contributed by atoms with Gasteiger partial charge in [-0.25, -0.2) is 5.43 Å². The number of halogens is 2. The van der Waals surface area contributed by atoms with Crippen molar-refractivity contribution in [2.24, 2.45) is 5.10 Å². The molecule has 0 spiro atoms. The highest BCUT2D eigenvalue weighted by Crippen LogP contribution is 2.39. The molecule has 0 aromatic heterocycles. The van der Waals surface area contributed by atoms with Crippen molar-refractivity contribution in [1.29, 1.82) is 0 Å². The lowest BCUT2D eigenvalue weighted by atomic mass is 10.1. The molecule has 0 saturated carbocycles. The zero-order valence-corrected chi connectivity index (χ0v) is 22.9. The van der Waals surface area contributed by atoms with E-state index in [1.807, 2.05) is 43.3 Å². The van der Waals surface area contributed by atoms with E-state index in [-0.39, 0.29) is 17.2 Å². The summed E-state index contributed by atoms with van der Waals surface area (Å²) in [4.78, 5) is 27.7. The SMILES string of the molecule is COc1cc(Br)c(Br)c(C=NNC(=O)C(=Cc2ccc(N(C)C)cc2)NC(=O)c2ccccc2)c1O. The van der Waals surface area contributed by atoms with Crippen LogP contribution in [0, 0.1) is 0 Å². The molecule has 2 amide bonds. The van der Waals surface area contributed by atoms with Crippen LogP contribution in [0.3, 0.4) is 0 Å². The molecule has 8 nitrogen and oxygen atoms in total. The van der Waals surface area contributed by atoms with Gasteiger partial charge in [0.15, 0.2) is 11.5 Å². The standard InChI is InChI=1S/C26H24Br2N4O4/c1-32(2)18-11-9-16(10-12-18)13-21(30-25(34)17-7-5-4-6-8-17)26(35)31-29-15-19-23(28)20(27)14-22(36-3)24(19)33/h4-15,33H,1-3H3,(H,30,34)(H,31,35). The molecule has 0 unspecified atom stereocenters. The molecule has 0 fully saturated rings. The number of amides is 2. The molecule has 3 rings (SSSR count). The number of nitrogens with zero attached hydrogens (tertiary/aromatic N) is 2. The van der Waals surface area contributed by atoms with Gasteiger partial charge in [0, 0.05) is 34.3 Å². The van der Waals surface area contributed by atoms with E-state index in [0.717, 1.165) is 5.69 Å². The van der Waals surface area contributed by atoms with Gasteiger partial charge in [-0.1, -0.05) is 30.3 Å². The first-order chi connectivity index (χ1) is 17.2. The summed E-state index contributed by atoms with van der Waals surface area (Å²) in [5.41, 5.74) is 4.79. The van der Waals surface area contributed by atoms with Crippen molar-refractivity contribution in [2.45, 2.75) is 0 Å². The van der Waals surface area contributed by atoms with E-state index in [1.54, 1.807) is 42.5 Å². The number of ether oxygens (including phenoxy) is 1. The zero-order chi connectivity index (χ0) is 26.2. The zero-order valence-electron chi connectivity index (χ0n) is 19.8. The van der Waals surface area contributed by atoms with Crippen molar-refractivity contribution in [3.05, 3.63) is 92.0 Å². The van der Waals surface area contributed by atoms with Crippen LogP contribution in [-0.2, 0) is 4.79 Å². The maximum absolute atomic E-state index is 13.0. The van der Waals surface area contributed by atoms with E-state index in [2.05, 4.69) is 47.7 Å². The number of benzene rings is 3. The van der Waals surface area contributed by atoms with Gasteiger partial charge in [0.2, 0.25) is 0 Å². The number of hydrogen-bond donors (Lipinski definition) is 3. The second-order valence-electron chi connectivity index (χ2n) is 7.70. The summed E-state index contributed by atoms with van der Waals surface area (Å²) in [7, 11) is 5.29. The molecule has 0 aliphatic rings. The highest BCUT2D eigenvalue weighted by atomic mass is 79.9. The first-order valence-electron chi connectivity index (χ1n) is 10.6. The van der Waals surface area contributed by atoms with Gasteiger partial charge in [-0.15, -0.1) is 0 Å². The minimum absolute atomic E-state index is 0.00582. The Morgan fingerprint density at radius 1 is 1.06 bits per heavy atom. The fraction of sp³-hybridized carbons (Fsp3) is 0.115. The summed E-state index contributed by atoms with van der Waals surface area (Å²) in [6.07, 6.45) is 2.83. The molecule has 0 aliphatic carbocycles. The van der Waals surface area contributed by atoms with Crippen molar-refractivity contribution >= 4 is 61.7 Å². The molecule has 36 heavy (non-hydrogen) atoms. The Hall–Kier alpha value is -3.63. The molecule has 0 aliphatic heterocycles. The maximum atomic E-state index is 13.0. The van der Waals surface area contributed by atoms with Crippen molar-refractivity contribution in [2.75, 3.05) is 26.1 Å². The van der Waals surface area contributed by atoms with Crippen LogP contribution < -0.4 is 20.4 Å². The van der Waals surface area contributed by atoms with Gasteiger partial charge in [-0.2, -0.15) is 5.10 Å². The number of carbonyl (C=O) groups is 2. The number of rotatable bonds is 8. The minimum Gasteiger partial charge on any atom is -0.504 e. The lowest BCUT2D eigenvalue weighted by Crippen LogP contribution is -2.32. The first kappa shape index (κ1) is 27.0. The van der Waals surface area contributed by atoms with Crippen molar-refractivity contribution in [1.82, 2.24) is 10.7 Å². The topological polar surface area (TPSA) is 103 Å². The Bertz CT molecular complexity index is 1310. The smallest absolute Gasteiger partial charge is 0.287 e. The average molecular weight is 616 g/mol. The minimum atomic E-state index is -0.648. The van der Waals surface area contributed by atoms with E-state index < -0.39 is 11.8 Å². The van der Waals surface area contributed by atoms with Gasteiger partial charge in [-0.05, 0) is 73.8 Å². The van der Waals surface area contributed by atoms with Crippen LogP contribution in [0.25, 0.3) is 6.08 Å². The van der Waals surface area contributed by atoms with Crippen molar-refractivity contribution < 1.29 is 19.4 Å². The monoisotopic (exact) mass is 614 g/mol. The highest BCUT2D eigenvalue weighted by Gasteiger charge is 2.16. The van der Waals surface area contributed by atoms with Crippen LogP contribution in [0.2, 0.25) is 0 Å². The fourth-order valence-corrected chi connectivity index (χ4v) is 3.91. The average Bonchev–Trinajstić information content (AvgIpc) is 2.88. The lowest BCUT2D eigenvalue weighted by molar-refractivity contribution is -0.117. The highest BCUT2D eigenvalue weighted by molar-refractivity contribution is 9.13. The van der Waals surface area contributed by atoms with Gasteiger partial charge >= 0.3 is 0 Å². The third-order valence-electron chi connectivity index (χ3n) is 5.02. The van der Waals surface area contributed by atoms with E-state index in [1.165, 1.54) is 13.3 Å². The number of phenols is 1. The van der Waals surface area contributed by atoms with Crippen LogP contribution in [0.15, 0.2) is 80.4 Å². The molecule has 3 aromatic carbocycles. The van der Waals surface area contributed by atoms with Crippen LogP contribution in [0.4, 0.5) is 5.69 Å². The molecule has 0 atom stereocenters. The number of aromatic hydroxyl groups is 1. The molecular formula is C26H24Br2N4O4. The van der Waals surface area contributed by atoms with E-state index in [9.17, 15) is 14.7 Å². The summed E-state index contributed by atoms with van der Waals surface area (Å²) in [5, 5.41) is 17.0. The van der Waals surface area contributed by atoms with Crippen molar-refractivity contribution in [3.63, 3.8) is 0 Å². The number of hydrogen-bond acceptors (Lipinski definition) is 6.